The van der Waals surface area contributed by atoms with Crippen molar-refractivity contribution in [3.05, 3.63) is 35.4 Å². The molecule has 21 heavy (non-hydrogen) atoms. The first kappa shape index (κ1) is 15.1. The number of carbonyl (C=O) groups is 2. The molecule has 1 unspecified atom stereocenters. The molecule has 5 heteroatoms. The lowest BCUT2D eigenvalue weighted by atomic mass is 10.1. The summed E-state index contributed by atoms with van der Waals surface area (Å²) in [5.74, 6) is 5.59. The minimum atomic E-state index is -0.165. The molecule has 2 amide bonds. The third-order valence-corrected chi connectivity index (χ3v) is 3.19. The van der Waals surface area contributed by atoms with Gasteiger partial charge in [-0.05, 0) is 24.6 Å². The molecule has 0 saturated carbocycles. The van der Waals surface area contributed by atoms with Crippen LogP contribution in [-0.4, -0.2) is 36.1 Å². The van der Waals surface area contributed by atoms with Crippen LogP contribution in [-0.2, 0) is 4.79 Å². The fourth-order valence-corrected chi connectivity index (χ4v) is 2.08. The first-order valence-electron chi connectivity index (χ1n) is 6.96. The summed E-state index contributed by atoms with van der Waals surface area (Å²) < 4.78 is 0. The first-order chi connectivity index (χ1) is 10.2. The van der Waals surface area contributed by atoms with Gasteiger partial charge in [0.2, 0.25) is 5.91 Å². The van der Waals surface area contributed by atoms with Gasteiger partial charge in [-0.3, -0.25) is 9.59 Å². The summed E-state index contributed by atoms with van der Waals surface area (Å²) >= 11 is 0. The summed E-state index contributed by atoms with van der Waals surface area (Å²) in [6, 6.07) is 7.02. The van der Waals surface area contributed by atoms with E-state index in [0.717, 1.165) is 5.56 Å². The number of aliphatic hydroxyl groups excluding tert-OH is 1. The minimum absolute atomic E-state index is 0.0284. The monoisotopic (exact) mass is 286 g/mol. The molecule has 1 heterocycles. The van der Waals surface area contributed by atoms with Crippen molar-refractivity contribution < 1.29 is 14.7 Å². The normalized spacial score (nSPS) is 17.4. The van der Waals surface area contributed by atoms with Crippen LogP contribution >= 0.6 is 0 Å². The number of nitrogens with one attached hydrogen (secondary N) is 2. The average molecular weight is 286 g/mol. The van der Waals surface area contributed by atoms with Gasteiger partial charge in [-0.25, -0.2) is 0 Å². The fraction of sp³-hybridized carbons (Fsp3) is 0.375. The van der Waals surface area contributed by atoms with Crippen molar-refractivity contribution in [3.63, 3.8) is 0 Å². The molecule has 1 atom stereocenters. The Balaban J connectivity index is 1.98. The lowest BCUT2D eigenvalue weighted by molar-refractivity contribution is -0.122. The molecule has 110 valence electrons. The third kappa shape index (κ3) is 4.62. The van der Waals surface area contributed by atoms with Crippen LogP contribution in [0.1, 0.15) is 35.2 Å². The Morgan fingerprint density at radius 2 is 2.33 bits per heavy atom. The molecule has 3 N–H and O–H groups in total. The number of hydrogen-bond acceptors (Lipinski definition) is 3. The molecule has 0 aromatic heterocycles. The second-order valence-corrected chi connectivity index (χ2v) is 4.87. The number of rotatable bonds is 3. The number of benzene rings is 1. The maximum Gasteiger partial charge on any atom is 0.251 e. The maximum atomic E-state index is 12.2. The van der Waals surface area contributed by atoms with E-state index in [1.807, 2.05) is 6.07 Å². The van der Waals surface area contributed by atoms with Crippen molar-refractivity contribution in [2.24, 2.45) is 0 Å². The SMILES string of the molecule is O=C1CCC(NC(=O)c2cccc(C#CCCO)c2)CN1. The smallest absolute Gasteiger partial charge is 0.251 e. The second-order valence-electron chi connectivity index (χ2n) is 4.87. The van der Waals surface area contributed by atoms with Crippen molar-refractivity contribution >= 4 is 11.8 Å². The molecule has 0 radical (unpaired) electrons. The summed E-state index contributed by atoms with van der Waals surface area (Å²) in [6.45, 7) is 0.501. The zero-order valence-corrected chi connectivity index (χ0v) is 11.7. The highest BCUT2D eigenvalue weighted by Gasteiger charge is 2.20. The number of carbonyl (C=O) groups excluding carboxylic acids is 2. The standard InChI is InChI=1S/C16H18N2O3/c19-9-2-1-4-12-5-3-6-13(10-12)16(21)18-14-7-8-15(20)17-11-14/h3,5-6,10,14,19H,2,7-9,11H2,(H,17,20)(H,18,21). The zero-order chi connectivity index (χ0) is 15.1. The molecule has 0 aliphatic carbocycles. The first-order valence-corrected chi connectivity index (χ1v) is 6.96. The van der Waals surface area contributed by atoms with Crippen molar-refractivity contribution in [3.8, 4) is 11.8 Å². The molecule has 5 nitrogen and oxygen atoms in total. The van der Waals surface area contributed by atoms with Gasteiger partial charge in [0.15, 0.2) is 0 Å². The highest BCUT2D eigenvalue weighted by Crippen LogP contribution is 2.07. The van der Waals surface area contributed by atoms with Crippen LogP contribution in [0, 0.1) is 11.8 Å². The molecule has 1 aromatic carbocycles. The molecule has 1 aliphatic rings. The second kappa shape index (κ2) is 7.46. The lowest BCUT2D eigenvalue weighted by Gasteiger charge is -2.23. The van der Waals surface area contributed by atoms with Crippen molar-refractivity contribution in [1.82, 2.24) is 10.6 Å². The van der Waals surface area contributed by atoms with Gasteiger partial charge < -0.3 is 15.7 Å². The Bertz CT molecular complexity index is 577. The van der Waals surface area contributed by atoms with Crippen LogP contribution in [0.15, 0.2) is 24.3 Å². The van der Waals surface area contributed by atoms with E-state index in [-0.39, 0.29) is 24.5 Å². The predicted molar refractivity (Wildman–Crippen MR) is 78.5 cm³/mol. The zero-order valence-electron chi connectivity index (χ0n) is 11.7. The van der Waals surface area contributed by atoms with E-state index >= 15 is 0 Å². The quantitative estimate of drug-likeness (QED) is 0.705. The van der Waals surface area contributed by atoms with Gasteiger partial charge in [0.05, 0.1) is 6.61 Å². The van der Waals surface area contributed by atoms with Crippen molar-refractivity contribution in [2.45, 2.75) is 25.3 Å². The van der Waals surface area contributed by atoms with Crippen LogP contribution in [0.5, 0.6) is 0 Å². The van der Waals surface area contributed by atoms with Crippen molar-refractivity contribution in [1.29, 1.82) is 0 Å². The number of hydrogen-bond donors (Lipinski definition) is 3. The summed E-state index contributed by atoms with van der Waals surface area (Å²) in [5, 5.41) is 14.3. The van der Waals surface area contributed by atoms with Gasteiger partial charge in [0.25, 0.3) is 5.91 Å². The van der Waals surface area contributed by atoms with E-state index in [1.54, 1.807) is 18.2 Å². The molecule has 1 aromatic rings. The van der Waals surface area contributed by atoms with Crippen LogP contribution < -0.4 is 10.6 Å². The van der Waals surface area contributed by atoms with Gasteiger partial charge >= 0.3 is 0 Å². The van der Waals surface area contributed by atoms with Crippen LogP contribution in [0.3, 0.4) is 0 Å². The number of aliphatic hydroxyl groups is 1. The Morgan fingerprint density at radius 3 is 3.05 bits per heavy atom. The van der Waals surface area contributed by atoms with Crippen LogP contribution in [0.25, 0.3) is 0 Å². The van der Waals surface area contributed by atoms with Gasteiger partial charge in [-0.1, -0.05) is 17.9 Å². The van der Waals surface area contributed by atoms with Crippen LogP contribution in [0.2, 0.25) is 0 Å². The summed E-state index contributed by atoms with van der Waals surface area (Å²) in [6.07, 6.45) is 1.52. The molecule has 1 saturated heterocycles. The molecular formula is C16H18N2O3. The molecule has 1 aliphatic heterocycles. The highest BCUT2D eigenvalue weighted by molar-refractivity contribution is 5.94. The van der Waals surface area contributed by atoms with Crippen molar-refractivity contribution in [2.75, 3.05) is 13.2 Å². The summed E-state index contributed by atoms with van der Waals surface area (Å²) in [5.41, 5.74) is 1.29. The Morgan fingerprint density at radius 1 is 1.48 bits per heavy atom. The highest BCUT2D eigenvalue weighted by atomic mass is 16.2. The van der Waals surface area contributed by atoms with E-state index < -0.39 is 0 Å². The lowest BCUT2D eigenvalue weighted by Crippen LogP contribution is -2.47. The summed E-state index contributed by atoms with van der Waals surface area (Å²) in [4.78, 5) is 23.2. The fourth-order valence-electron chi connectivity index (χ4n) is 2.08. The molecule has 2 rings (SSSR count). The van der Waals surface area contributed by atoms with E-state index in [1.165, 1.54) is 0 Å². The van der Waals surface area contributed by atoms with Gasteiger partial charge in [-0.2, -0.15) is 0 Å². The average Bonchev–Trinajstić information content (AvgIpc) is 2.50. The van der Waals surface area contributed by atoms with Gasteiger partial charge in [0.1, 0.15) is 0 Å². The van der Waals surface area contributed by atoms with Gasteiger partial charge in [0, 0.05) is 36.6 Å². The van der Waals surface area contributed by atoms with E-state index in [2.05, 4.69) is 22.5 Å². The topological polar surface area (TPSA) is 78.4 Å². The largest absolute Gasteiger partial charge is 0.395 e. The molecule has 0 spiro atoms. The number of amides is 2. The predicted octanol–water partition coefficient (Wildman–Crippen LogP) is 0.429. The molecule has 1 fully saturated rings. The maximum absolute atomic E-state index is 12.2. The third-order valence-electron chi connectivity index (χ3n) is 3.19. The van der Waals surface area contributed by atoms with E-state index in [0.29, 0.717) is 31.4 Å². The molecule has 0 bridgehead atoms. The van der Waals surface area contributed by atoms with E-state index in [9.17, 15) is 9.59 Å². The number of piperidine rings is 1. The Labute approximate surface area is 123 Å². The molecular weight excluding hydrogens is 268 g/mol. The van der Waals surface area contributed by atoms with E-state index in [4.69, 9.17) is 5.11 Å². The Hall–Kier alpha value is -2.32. The van der Waals surface area contributed by atoms with Crippen LogP contribution in [0.4, 0.5) is 0 Å². The minimum Gasteiger partial charge on any atom is -0.395 e. The summed E-state index contributed by atoms with van der Waals surface area (Å²) in [7, 11) is 0. The van der Waals surface area contributed by atoms with Gasteiger partial charge in [-0.15, -0.1) is 0 Å². The Kier molecular flexibility index (Phi) is 5.35.